The first-order valence-corrected chi connectivity index (χ1v) is 8.37. The van der Waals surface area contributed by atoms with E-state index in [1.54, 1.807) is 36.3 Å². The summed E-state index contributed by atoms with van der Waals surface area (Å²) in [5.74, 6) is 0.600. The Morgan fingerprint density at radius 3 is 2.09 bits per heavy atom. The third kappa shape index (κ3) is 3.40. The first kappa shape index (κ1) is 16.7. The molecule has 1 aliphatic heterocycles. The van der Waals surface area contributed by atoms with Crippen molar-refractivity contribution in [2.75, 3.05) is 47.4 Å². The van der Waals surface area contributed by atoms with E-state index < -0.39 is 10.2 Å². The Morgan fingerprint density at radius 2 is 1.64 bits per heavy atom. The normalized spacial score (nSPS) is 16.8. The fourth-order valence-electron chi connectivity index (χ4n) is 2.27. The summed E-state index contributed by atoms with van der Waals surface area (Å²) in [4.78, 5) is 14.1. The van der Waals surface area contributed by atoms with Crippen molar-refractivity contribution in [3.63, 3.8) is 0 Å². The van der Waals surface area contributed by atoms with E-state index in [4.69, 9.17) is 4.74 Å². The van der Waals surface area contributed by atoms with E-state index in [-0.39, 0.29) is 5.91 Å². The minimum absolute atomic E-state index is 0.0930. The van der Waals surface area contributed by atoms with E-state index in [0.29, 0.717) is 37.5 Å². The van der Waals surface area contributed by atoms with Crippen molar-refractivity contribution in [2.24, 2.45) is 0 Å². The third-order valence-electron chi connectivity index (χ3n) is 3.65. The molecule has 1 heterocycles. The predicted octanol–water partition coefficient (Wildman–Crippen LogP) is 0.259. The molecule has 0 aromatic heterocycles. The second-order valence-electron chi connectivity index (χ2n) is 5.21. The van der Waals surface area contributed by atoms with E-state index in [9.17, 15) is 13.2 Å². The molecule has 22 heavy (non-hydrogen) atoms. The third-order valence-corrected chi connectivity index (χ3v) is 5.59. The number of benzene rings is 1. The van der Waals surface area contributed by atoms with Crippen molar-refractivity contribution in [1.82, 2.24) is 13.5 Å². The molecule has 1 aliphatic rings. The molecule has 1 aromatic carbocycles. The van der Waals surface area contributed by atoms with Crippen molar-refractivity contribution < 1.29 is 17.9 Å². The molecule has 1 amide bonds. The van der Waals surface area contributed by atoms with Gasteiger partial charge in [0.2, 0.25) is 0 Å². The van der Waals surface area contributed by atoms with Crippen LogP contribution < -0.4 is 4.74 Å². The molecule has 1 fully saturated rings. The molecule has 2 rings (SSSR count). The molecule has 0 bridgehead atoms. The molecule has 0 saturated carbocycles. The van der Waals surface area contributed by atoms with Gasteiger partial charge in [-0.05, 0) is 24.3 Å². The number of hydrogen-bond donors (Lipinski definition) is 0. The lowest BCUT2D eigenvalue weighted by atomic mass is 10.2. The molecule has 1 aromatic rings. The molecule has 7 nitrogen and oxygen atoms in total. The van der Waals surface area contributed by atoms with Gasteiger partial charge in [-0.1, -0.05) is 0 Å². The zero-order valence-corrected chi connectivity index (χ0v) is 13.8. The highest BCUT2D eigenvalue weighted by Gasteiger charge is 2.30. The number of nitrogens with zero attached hydrogens (tertiary/aromatic N) is 3. The van der Waals surface area contributed by atoms with Crippen molar-refractivity contribution >= 4 is 16.1 Å². The van der Waals surface area contributed by atoms with E-state index in [1.807, 2.05) is 0 Å². The Bertz CT molecular complexity index is 620. The molecular formula is C14H21N3O4S. The monoisotopic (exact) mass is 327 g/mol. The number of amides is 1. The van der Waals surface area contributed by atoms with Crippen LogP contribution in [0.3, 0.4) is 0 Å². The van der Waals surface area contributed by atoms with Crippen LogP contribution in [-0.4, -0.2) is 75.2 Å². The van der Waals surface area contributed by atoms with Gasteiger partial charge in [0.15, 0.2) is 0 Å². The number of methoxy groups -OCH3 is 1. The van der Waals surface area contributed by atoms with Crippen LogP contribution in [0.2, 0.25) is 0 Å². The maximum atomic E-state index is 12.4. The van der Waals surface area contributed by atoms with E-state index in [1.165, 1.54) is 22.7 Å². The summed E-state index contributed by atoms with van der Waals surface area (Å²) in [5, 5.41) is 0. The number of piperazine rings is 1. The highest BCUT2D eigenvalue weighted by molar-refractivity contribution is 7.86. The molecule has 1 saturated heterocycles. The lowest BCUT2D eigenvalue weighted by Crippen LogP contribution is -2.53. The fraction of sp³-hybridized carbons (Fsp3) is 0.500. The quantitative estimate of drug-likeness (QED) is 0.795. The zero-order chi connectivity index (χ0) is 16.3. The van der Waals surface area contributed by atoms with Gasteiger partial charge in [-0.2, -0.15) is 17.0 Å². The van der Waals surface area contributed by atoms with Crippen LogP contribution in [0, 0.1) is 0 Å². The molecule has 0 spiro atoms. The standard InChI is InChI=1S/C14H21N3O4S/c1-15(2)22(19,20)17-10-8-16(9-11-17)14(18)12-4-6-13(21-3)7-5-12/h4-7H,8-11H2,1-3H3. The van der Waals surface area contributed by atoms with Gasteiger partial charge in [-0.25, -0.2) is 0 Å². The van der Waals surface area contributed by atoms with Crippen LogP contribution in [0.15, 0.2) is 24.3 Å². The molecule has 8 heteroatoms. The van der Waals surface area contributed by atoms with Gasteiger partial charge in [0.25, 0.3) is 16.1 Å². The van der Waals surface area contributed by atoms with Gasteiger partial charge in [0.1, 0.15) is 5.75 Å². The Kier molecular flexibility index (Phi) is 5.05. The first-order valence-electron chi connectivity index (χ1n) is 6.97. The smallest absolute Gasteiger partial charge is 0.281 e. The van der Waals surface area contributed by atoms with Crippen LogP contribution in [0.4, 0.5) is 0 Å². The summed E-state index contributed by atoms with van der Waals surface area (Å²) >= 11 is 0. The molecular weight excluding hydrogens is 306 g/mol. The topological polar surface area (TPSA) is 70.2 Å². The minimum atomic E-state index is -3.41. The summed E-state index contributed by atoms with van der Waals surface area (Å²) in [6.07, 6.45) is 0. The van der Waals surface area contributed by atoms with Gasteiger partial charge < -0.3 is 9.64 Å². The molecule has 0 unspecified atom stereocenters. The van der Waals surface area contributed by atoms with Crippen LogP contribution in [0.1, 0.15) is 10.4 Å². The van der Waals surface area contributed by atoms with Crippen LogP contribution in [-0.2, 0) is 10.2 Å². The van der Waals surface area contributed by atoms with Crippen LogP contribution in [0.5, 0.6) is 5.75 Å². The Hall–Kier alpha value is -1.64. The summed E-state index contributed by atoms with van der Waals surface area (Å²) < 4.78 is 31.7. The van der Waals surface area contributed by atoms with Gasteiger partial charge in [-0.15, -0.1) is 0 Å². The SMILES string of the molecule is COc1ccc(C(=O)N2CCN(S(=O)(=O)N(C)C)CC2)cc1. The highest BCUT2D eigenvalue weighted by atomic mass is 32.2. The van der Waals surface area contributed by atoms with Crippen molar-refractivity contribution in [2.45, 2.75) is 0 Å². The number of carbonyl (C=O) groups excluding carboxylic acids is 1. The molecule has 122 valence electrons. The Labute approximate surface area is 131 Å². The summed E-state index contributed by atoms with van der Waals surface area (Å²) in [7, 11) is 1.17. The molecule has 0 atom stereocenters. The Balaban J connectivity index is 2.00. The van der Waals surface area contributed by atoms with Crippen molar-refractivity contribution in [1.29, 1.82) is 0 Å². The predicted molar refractivity (Wildman–Crippen MR) is 83.1 cm³/mol. The van der Waals surface area contributed by atoms with E-state index in [0.717, 1.165) is 0 Å². The number of ether oxygens (including phenoxy) is 1. The van der Waals surface area contributed by atoms with Gasteiger partial charge >= 0.3 is 0 Å². The van der Waals surface area contributed by atoms with E-state index in [2.05, 4.69) is 0 Å². The van der Waals surface area contributed by atoms with Gasteiger partial charge in [-0.3, -0.25) is 4.79 Å². The molecule has 0 N–H and O–H groups in total. The zero-order valence-electron chi connectivity index (χ0n) is 13.0. The molecule has 0 aliphatic carbocycles. The summed E-state index contributed by atoms with van der Waals surface area (Å²) in [6, 6.07) is 6.90. The van der Waals surface area contributed by atoms with Crippen molar-refractivity contribution in [3.8, 4) is 5.75 Å². The summed E-state index contributed by atoms with van der Waals surface area (Å²) in [6.45, 7) is 1.39. The van der Waals surface area contributed by atoms with E-state index >= 15 is 0 Å². The average Bonchev–Trinajstić information content (AvgIpc) is 2.54. The van der Waals surface area contributed by atoms with Gasteiger partial charge in [0, 0.05) is 45.8 Å². The fourth-order valence-corrected chi connectivity index (χ4v) is 3.36. The largest absolute Gasteiger partial charge is 0.497 e. The van der Waals surface area contributed by atoms with Crippen LogP contribution in [0.25, 0.3) is 0 Å². The maximum absolute atomic E-state index is 12.4. The average molecular weight is 327 g/mol. The van der Waals surface area contributed by atoms with Crippen molar-refractivity contribution in [3.05, 3.63) is 29.8 Å². The van der Waals surface area contributed by atoms with Crippen LogP contribution >= 0.6 is 0 Å². The lowest BCUT2D eigenvalue weighted by Gasteiger charge is -2.35. The summed E-state index contributed by atoms with van der Waals surface area (Å²) in [5.41, 5.74) is 0.574. The maximum Gasteiger partial charge on any atom is 0.281 e. The highest BCUT2D eigenvalue weighted by Crippen LogP contribution is 2.15. The number of carbonyl (C=O) groups is 1. The molecule has 0 radical (unpaired) electrons. The minimum Gasteiger partial charge on any atom is -0.497 e. The van der Waals surface area contributed by atoms with Gasteiger partial charge in [0.05, 0.1) is 7.11 Å². The first-order chi connectivity index (χ1) is 10.4. The number of rotatable bonds is 4. The Morgan fingerprint density at radius 1 is 1.09 bits per heavy atom. The second kappa shape index (κ2) is 6.64. The second-order valence-corrected chi connectivity index (χ2v) is 7.35. The lowest BCUT2D eigenvalue weighted by molar-refractivity contribution is 0.0695. The number of hydrogen-bond acceptors (Lipinski definition) is 4.